The molecule has 0 radical (unpaired) electrons. The van der Waals surface area contributed by atoms with Crippen molar-refractivity contribution in [3.05, 3.63) is 163 Å². The predicted octanol–water partition coefficient (Wildman–Crippen LogP) is 12.2. The van der Waals surface area contributed by atoms with Gasteiger partial charge in [0.1, 0.15) is 0 Å². The number of para-hydroxylation sites is 1. The van der Waals surface area contributed by atoms with Crippen molar-refractivity contribution in [1.82, 2.24) is 14.5 Å². The summed E-state index contributed by atoms with van der Waals surface area (Å²) in [6.07, 6.45) is 0. The van der Waals surface area contributed by atoms with E-state index in [1.54, 1.807) is 0 Å². The Morgan fingerprint density at radius 3 is 2.04 bits per heavy atom. The maximum absolute atomic E-state index is 5.47. The van der Waals surface area contributed by atoms with E-state index in [2.05, 4.69) is 170 Å². The van der Waals surface area contributed by atoms with Crippen LogP contribution in [0.4, 0.5) is 0 Å². The molecule has 0 fully saturated rings. The zero-order valence-electron chi connectivity index (χ0n) is 27.8. The summed E-state index contributed by atoms with van der Waals surface area (Å²) in [6, 6.07) is 54.8. The second-order valence-electron chi connectivity index (χ2n) is 14.1. The Bertz CT molecular complexity index is 3060. The molecule has 1 aliphatic rings. The van der Waals surface area contributed by atoms with Gasteiger partial charge in [0.15, 0.2) is 0 Å². The molecule has 1 aliphatic carbocycles. The molecule has 0 amide bonds. The average Bonchev–Trinajstić information content (AvgIpc) is 3.63. The summed E-state index contributed by atoms with van der Waals surface area (Å²) < 4.78 is 2.28. The van der Waals surface area contributed by atoms with Crippen LogP contribution < -0.4 is 0 Å². The van der Waals surface area contributed by atoms with Gasteiger partial charge in [-0.15, -0.1) is 0 Å². The third-order valence-electron chi connectivity index (χ3n) is 11.1. The van der Waals surface area contributed by atoms with E-state index in [4.69, 9.17) is 9.97 Å². The van der Waals surface area contributed by atoms with E-state index in [1.165, 1.54) is 60.0 Å². The van der Waals surface area contributed by atoms with Crippen LogP contribution in [-0.4, -0.2) is 14.5 Å². The monoisotopic (exact) mass is 637 g/mol. The zero-order valence-corrected chi connectivity index (χ0v) is 27.8. The molecule has 11 rings (SSSR count). The smallest absolute Gasteiger partial charge is 0.235 e. The van der Waals surface area contributed by atoms with Crippen LogP contribution in [0.5, 0.6) is 0 Å². The average molecular weight is 638 g/mol. The van der Waals surface area contributed by atoms with E-state index in [0.29, 0.717) is 5.95 Å². The summed E-state index contributed by atoms with van der Waals surface area (Å²) in [4.78, 5) is 10.8. The van der Waals surface area contributed by atoms with Crippen LogP contribution in [-0.2, 0) is 5.41 Å². The summed E-state index contributed by atoms with van der Waals surface area (Å²) in [6.45, 7) is 4.77. The SMILES string of the molecule is CC1(C)c2ccccc2-c2c1c1ccc3c(c4ccccc4n3-c3nc(-c4ccccc4)c4c(ccc5ccccc54)n3)c1c1ccccc21. The fourth-order valence-electron chi connectivity index (χ4n) is 9.06. The van der Waals surface area contributed by atoms with Crippen LogP contribution in [0, 0.1) is 0 Å². The molecule has 0 saturated heterocycles. The lowest BCUT2D eigenvalue weighted by molar-refractivity contribution is 0.666. The maximum Gasteiger partial charge on any atom is 0.235 e. The first-order valence-corrected chi connectivity index (χ1v) is 17.4. The highest BCUT2D eigenvalue weighted by atomic mass is 15.2. The van der Waals surface area contributed by atoms with Gasteiger partial charge >= 0.3 is 0 Å². The lowest BCUT2D eigenvalue weighted by Gasteiger charge is -2.24. The van der Waals surface area contributed by atoms with E-state index in [9.17, 15) is 0 Å². The van der Waals surface area contributed by atoms with E-state index in [0.717, 1.165) is 38.6 Å². The summed E-state index contributed by atoms with van der Waals surface area (Å²) in [5, 5.41) is 11.0. The van der Waals surface area contributed by atoms with Gasteiger partial charge in [0.05, 0.1) is 22.2 Å². The van der Waals surface area contributed by atoms with E-state index >= 15 is 0 Å². The Hall–Kier alpha value is -6.32. The minimum absolute atomic E-state index is 0.144. The highest BCUT2D eigenvalue weighted by Crippen LogP contribution is 2.55. The second kappa shape index (κ2) is 9.87. The number of aromatic nitrogens is 3. The molecule has 0 unspecified atom stereocenters. The topological polar surface area (TPSA) is 30.7 Å². The van der Waals surface area contributed by atoms with Gasteiger partial charge in [-0.3, -0.25) is 4.57 Å². The minimum atomic E-state index is -0.144. The lowest BCUT2D eigenvalue weighted by atomic mass is 9.78. The van der Waals surface area contributed by atoms with Crippen LogP contribution in [0.3, 0.4) is 0 Å². The first-order valence-electron chi connectivity index (χ1n) is 17.4. The largest absolute Gasteiger partial charge is 0.278 e. The Balaban J connectivity index is 1.31. The van der Waals surface area contributed by atoms with E-state index in [1.807, 2.05) is 0 Å². The third-order valence-corrected chi connectivity index (χ3v) is 11.1. The minimum Gasteiger partial charge on any atom is -0.278 e. The van der Waals surface area contributed by atoms with Gasteiger partial charge in [0, 0.05) is 27.1 Å². The maximum atomic E-state index is 5.47. The van der Waals surface area contributed by atoms with Crippen molar-refractivity contribution < 1.29 is 0 Å². The summed E-state index contributed by atoms with van der Waals surface area (Å²) in [5.74, 6) is 0.676. The number of hydrogen-bond acceptors (Lipinski definition) is 2. The third kappa shape index (κ3) is 3.54. The molecular formula is C47H31N3. The first kappa shape index (κ1) is 27.6. The van der Waals surface area contributed by atoms with E-state index < -0.39 is 0 Å². The number of rotatable bonds is 2. The highest BCUT2D eigenvalue weighted by molar-refractivity contribution is 6.31. The fraction of sp³-hybridized carbons (Fsp3) is 0.0638. The van der Waals surface area contributed by atoms with Crippen molar-refractivity contribution in [2.24, 2.45) is 0 Å². The standard InChI is InChI=1S/C47H31N3/c1-47(2)36-22-12-10-20-33(36)41-32-19-9-8-18-31(32)40-35(44(41)47)25-27-39-43(40)34-21-11-13-23-38(34)50(39)46-48-37-26-24-28-14-6-7-17-30(28)42(37)45(49-46)29-15-4-3-5-16-29/h3-27H,1-2H3. The van der Waals surface area contributed by atoms with Crippen molar-refractivity contribution in [1.29, 1.82) is 0 Å². The van der Waals surface area contributed by atoms with Crippen molar-refractivity contribution >= 4 is 65.0 Å². The van der Waals surface area contributed by atoms with Crippen molar-refractivity contribution in [3.8, 4) is 28.3 Å². The Morgan fingerprint density at radius 2 is 1.18 bits per heavy atom. The Morgan fingerprint density at radius 1 is 0.480 bits per heavy atom. The van der Waals surface area contributed by atoms with Gasteiger partial charge < -0.3 is 0 Å². The molecule has 2 heterocycles. The van der Waals surface area contributed by atoms with Crippen LogP contribution in [0.15, 0.2) is 152 Å². The normalized spacial score (nSPS) is 13.6. The second-order valence-corrected chi connectivity index (χ2v) is 14.1. The highest BCUT2D eigenvalue weighted by Gasteiger charge is 2.38. The van der Waals surface area contributed by atoms with Gasteiger partial charge in [-0.1, -0.05) is 147 Å². The van der Waals surface area contributed by atoms with Crippen LogP contribution in [0.25, 0.3) is 93.4 Å². The van der Waals surface area contributed by atoms with Gasteiger partial charge in [-0.2, -0.15) is 0 Å². The predicted molar refractivity (Wildman–Crippen MR) is 209 cm³/mol. The molecule has 0 atom stereocenters. The Labute approximate surface area is 289 Å². The number of hydrogen-bond donors (Lipinski definition) is 0. The zero-order chi connectivity index (χ0) is 33.1. The van der Waals surface area contributed by atoms with Crippen LogP contribution in [0.2, 0.25) is 0 Å². The van der Waals surface area contributed by atoms with Crippen molar-refractivity contribution in [3.63, 3.8) is 0 Å². The Kier molecular flexibility index (Phi) is 5.45. The molecule has 0 bridgehead atoms. The molecule has 10 aromatic rings. The fourth-order valence-corrected chi connectivity index (χ4v) is 9.06. The molecule has 8 aromatic carbocycles. The molecule has 0 spiro atoms. The molecular weight excluding hydrogens is 607 g/mol. The van der Waals surface area contributed by atoms with Crippen molar-refractivity contribution in [2.45, 2.75) is 19.3 Å². The first-order chi connectivity index (χ1) is 24.6. The van der Waals surface area contributed by atoms with Crippen LogP contribution in [0.1, 0.15) is 25.0 Å². The molecule has 234 valence electrons. The number of nitrogens with zero attached hydrogens (tertiary/aromatic N) is 3. The molecule has 50 heavy (non-hydrogen) atoms. The molecule has 0 saturated carbocycles. The summed E-state index contributed by atoms with van der Waals surface area (Å²) in [7, 11) is 0. The number of benzene rings is 8. The van der Waals surface area contributed by atoms with Gasteiger partial charge in [-0.05, 0) is 72.8 Å². The molecule has 2 aromatic heterocycles. The van der Waals surface area contributed by atoms with Gasteiger partial charge in [0.2, 0.25) is 5.95 Å². The van der Waals surface area contributed by atoms with Crippen LogP contribution >= 0.6 is 0 Å². The van der Waals surface area contributed by atoms with Gasteiger partial charge in [-0.25, -0.2) is 9.97 Å². The van der Waals surface area contributed by atoms with E-state index in [-0.39, 0.29) is 5.41 Å². The quantitative estimate of drug-likeness (QED) is 0.177. The summed E-state index contributed by atoms with van der Waals surface area (Å²) >= 11 is 0. The van der Waals surface area contributed by atoms with Gasteiger partial charge in [0.25, 0.3) is 0 Å². The summed E-state index contributed by atoms with van der Waals surface area (Å²) in [5.41, 5.74) is 10.5. The molecule has 0 N–H and O–H groups in total. The molecule has 0 aliphatic heterocycles. The molecule has 3 nitrogen and oxygen atoms in total. The number of fused-ring (bicyclic) bond motifs is 15. The van der Waals surface area contributed by atoms with Crippen molar-refractivity contribution in [2.75, 3.05) is 0 Å². The lowest BCUT2D eigenvalue weighted by Crippen LogP contribution is -2.15. The molecule has 3 heteroatoms.